The molecule has 2 aromatic rings. The van der Waals surface area contributed by atoms with Crippen LogP contribution in [0.15, 0.2) is 29.9 Å². The van der Waals surface area contributed by atoms with Gasteiger partial charge in [-0.3, -0.25) is 14.7 Å². The quantitative estimate of drug-likeness (QED) is 0.864. The minimum Gasteiger partial charge on any atom is -0.348 e. The lowest BCUT2D eigenvalue weighted by Crippen LogP contribution is -2.48. The minimum atomic E-state index is -0.0372. The van der Waals surface area contributed by atoms with Gasteiger partial charge in [-0.1, -0.05) is 6.42 Å². The summed E-state index contributed by atoms with van der Waals surface area (Å²) in [7, 11) is 0. The van der Waals surface area contributed by atoms with Crippen molar-refractivity contribution in [3.8, 4) is 0 Å². The maximum Gasteiger partial charge on any atom is 0.237 e. The Labute approximate surface area is 152 Å². The molecule has 0 aromatic carbocycles. The summed E-state index contributed by atoms with van der Waals surface area (Å²) in [6.45, 7) is 2.34. The average molecular weight is 356 g/mol. The zero-order valence-corrected chi connectivity index (χ0v) is 15.2. The second-order valence-electron chi connectivity index (χ2n) is 7.00. The molecular formula is C19H24N4OS. The molecule has 2 aromatic heterocycles. The number of likely N-dealkylation sites (tertiary alicyclic amines) is 1. The molecule has 1 atom stereocenters. The van der Waals surface area contributed by atoms with E-state index in [1.807, 2.05) is 24.5 Å². The van der Waals surface area contributed by atoms with E-state index in [9.17, 15) is 4.79 Å². The molecule has 2 fully saturated rings. The number of piperidine rings is 1. The fourth-order valence-corrected chi connectivity index (χ4v) is 4.27. The van der Waals surface area contributed by atoms with Crippen molar-refractivity contribution in [2.75, 3.05) is 6.54 Å². The molecule has 1 aliphatic carbocycles. The number of nitrogens with one attached hydrogen (secondary N) is 1. The molecule has 6 heteroatoms. The fourth-order valence-electron chi connectivity index (χ4n) is 3.45. The highest BCUT2D eigenvalue weighted by atomic mass is 32.1. The third-order valence-corrected chi connectivity index (χ3v) is 5.90. The van der Waals surface area contributed by atoms with Crippen LogP contribution < -0.4 is 5.32 Å². The smallest absolute Gasteiger partial charge is 0.237 e. The number of hydrogen-bond acceptors (Lipinski definition) is 5. The Hall–Kier alpha value is -1.79. The van der Waals surface area contributed by atoms with Crippen molar-refractivity contribution in [1.82, 2.24) is 20.2 Å². The molecule has 1 unspecified atom stereocenters. The van der Waals surface area contributed by atoms with Crippen molar-refractivity contribution in [3.63, 3.8) is 0 Å². The predicted octanol–water partition coefficient (Wildman–Crippen LogP) is 3.09. The molecule has 25 heavy (non-hydrogen) atoms. The van der Waals surface area contributed by atoms with Gasteiger partial charge in [0.1, 0.15) is 5.01 Å². The van der Waals surface area contributed by atoms with Gasteiger partial charge in [0.25, 0.3) is 0 Å². The van der Waals surface area contributed by atoms with Crippen LogP contribution >= 0.6 is 11.3 Å². The molecule has 4 rings (SSSR count). The number of carbonyl (C=O) groups is 1. The summed E-state index contributed by atoms with van der Waals surface area (Å²) in [6.07, 6.45) is 9.37. The maximum atomic E-state index is 12.7. The van der Waals surface area contributed by atoms with E-state index in [0.717, 1.165) is 37.4 Å². The molecule has 1 N–H and O–H groups in total. The van der Waals surface area contributed by atoms with Gasteiger partial charge in [-0.25, -0.2) is 4.98 Å². The number of nitrogens with zero attached hydrogens (tertiary/aromatic N) is 3. The zero-order valence-electron chi connectivity index (χ0n) is 14.4. The van der Waals surface area contributed by atoms with E-state index in [-0.39, 0.29) is 11.9 Å². The van der Waals surface area contributed by atoms with E-state index >= 15 is 0 Å². The first-order valence-electron chi connectivity index (χ1n) is 9.14. The highest BCUT2D eigenvalue weighted by molar-refractivity contribution is 7.09. The molecule has 1 aliphatic heterocycles. The Bertz CT molecular complexity index is 713. The molecule has 0 bridgehead atoms. The van der Waals surface area contributed by atoms with E-state index in [0.29, 0.717) is 12.5 Å². The SMILES string of the molecule is O=C(NCc1nc(C2CC2)cs1)C1CCCCN1Cc1ccncc1. The second-order valence-corrected chi connectivity index (χ2v) is 7.94. The Balaban J connectivity index is 1.34. The third kappa shape index (κ3) is 4.25. The molecule has 1 saturated heterocycles. The largest absolute Gasteiger partial charge is 0.348 e. The van der Waals surface area contributed by atoms with Crippen LogP contribution in [-0.4, -0.2) is 33.4 Å². The lowest BCUT2D eigenvalue weighted by Gasteiger charge is -2.34. The third-order valence-electron chi connectivity index (χ3n) is 5.03. The number of pyridine rings is 1. The number of hydrogen-bond donors (Lipinski definition) is 1. The van der Waals surface area contributed by atoms with Crippen LogP contribution in [0.2, 0.25) is 0 Å². The van der Waals surface area contributed by atoms with Crippen LogP contribution in [-0.2, 0) is 17.9 Å². The van der Waals surface area contributed by atoms with E-state index in [1.54, 1.807) is 11.3 Å². The van der Waals surface area contributed by atoms with Crippen LogP contribution in [0.3, 0.4) is 0 Å². The van der Waals surface area contributed by atoms with Crippen molar-refractivity contribution in [3.05, 3.63) is 46.2 Å². The van der Waals surface area contributed by atoms with Crippen molar-refractivity contribution < 1.29 is 4.79 Å². The van der Waals surface area contributed by atoms with Crippen molar-refractivity contribution in [2.45, 2.75) is 57.2 Å². The highest BCUT2D eigenvalue weighted by Gasteiger charge is 2.29. The first kappa shape index (κ1) is 16.7. The lowest BCUT2D eigenvalue weighted by molar-refractivity contribution is -0.128. The molecule has 132 valence electrons. The summed E-state index contributed by atoms with van der Waals surface area (Å²) in [6, 6.07) is 4.02. The fraction of sp³-hybridized carbons (Fsp3) is 0.526. The van der Waals surface area contributed by atoms with E-state index < -0.39 is 0 Å². The van der Waals surface area contributed by atoms with Gasteiger partial charge < -0.3 is 5.32 Å². The summed E-state index contributed by atoms with van der Waals surface area (Å²) in [5, 5.41) is 6.28. The Morgan fingerprint density at radius 2 is 2.08 bits per heavy atom. The Morgan fingerprint density at radius 3 is 2.88 bits per heavy atom. The number of aromatic nitrogens is 2. The van der Waals surface area contributed by atoms with Gasteiger partial charge >= 0.3 is 0 Å². The monoisotopic (exact) mass is 356 g/mol. The molecule has 3 heterocycles. The first-order chi connectivity index (χ1) is 12.3. The molecule has 1 saturated carbocycles. The lowest BCUT2D eigenvalue weighted by atomic mass is 10.0. The number of rotatable bonds is 6. The van der Waals surface area contributed by atoms with Gasteiger partial charge in [0.05, 0.1) is 18.3 Å². The van der Waals surface area contributed by atoms with Gasteiger partial charge in [0.2, 0.25) is 5.91 Å². The topological polar surface area (TPSA) is 58.1 Å². The van der Waals surface area contributed by atoms with Crippen LogP contribution in [0.5, 0.6) is 0 Å². The number of amides is 1. The van der Waals surface area contributed by atoms with E-state index in [4.69, 9.17) is 0 Å². The summed E-state index contributed by atoms with van der Waals surface area (Å²) in [4.78, 5) is 23.8. The van der Waals surface area contributed by atoms with E-state index in [1.165, 1.54) is 24.1 Å². The molecule has 5 nitrogen and oxygen atoms in total. The van der Waals surface area contributed by atoms with Crippen LogP contribution in [0, 0.1) is 0 Å². The standard InChI is InChI=1S/C19H24N4OS/c24-19(21-11-18-22-16(13-25-18)15-4-5-15)17-3-1-2-10-23(17)12-14-6-8-20-9-7-14/h6-9,13,15,17H,1-5,10-12H2,(H,21,24). The summed E-state index contributed by atoms with van der Waals surface area (Å²) in [5.41, 5.74) is 2.43. The first-order valence-corrected chi connectivity index (χ1v) is 10.0. The van der Waals surface area contributed by atoms with Gasteiger partial charge in [0, 0.05) is 30.2 Å². The average Bonchev–Trinajstić information content (AvgIpc) is 3.39. The molecule has 0 radical (unpaired) electrons. The number of carbonyl (C=O) groups excluding carboxylic acids is 1. The summed E-state index contributed by atoms with van der Waals surface area (Å²) >= 11 is 1.66. The summed E-state index contributed by atoms with van der Waals surface area (Å²) in [5.74, 6) is 0.812. The number of thiazole rings is 1. The highest BCUT2D eigenvalue weighted by Crippen LogP contribution is 2.40. The summed E-state index contributed by atoms with van der Waals surface area (Å²) < 4.78 is 0. The van der Waals surface area contributed by atoms with Crippen molar-refractivity contribution >= 4 is 17.2 Å². The van der Waals surface area contributed by atoms with Crippen molar-refractivity contribution in [2.24, 2.45) is 0 Å². The van der Waals surface area contributed by atoms with Gasteiger partial charge in [-0.2, -0.15) is 0 Å². The molecule has 1 amide bonds. The van der Waals surface area contributed by atoms with Crippen LogP contribution in [0.25, 0.3) is 0 Å². The Kier molecular flexibility index (Phi) is 5.08. The van der Waals surface area contributed by atoms with Gasteiger partial charge in [-0.15, -0.1) is 11.3 Å². The van der Waals surface area contributed by atoms with Crippen molar-refractivity contribution in [1.29, 1.82) is 0 Å². The minimum absolute atomic E-state index is 0.0372. The van der Waals surface area contributed by atoms with Crippen LogP contribution in [0.1, 0.15) is 54.3 Å². The van der Waals surface area contributed by atoms with Gasteiger partial charge in [0.15, 0.2) is 0 Å². The molecular weight excluding hydrogens is 332 g/mol. The predicted molar refractivity (Wildman–Crippen MR) is 98.2 cm³/mol. The Morgan fingerprint density at radius 1 is 1.24 bits per heavy atom. The molecule has 0 spiro atoms. The van der Waals surface area contributed by atoms with Crippen LogP contribution in [0.4, 0.5) is 0 Å². The van der Waals surface area contributed by atoms with E-state index in [2.05, 4.69) is 25.6 Å². The molecule has 2 aliphatic rings. The zero-order chi connectivity index (χ0) is 17.1. The normalized spacial score (nSPS) is 21.2. The van der Waals surface area contributed by atoms with Gasteiger partial charge in [-0.05, 0) is 49.9 Å². The second kappa shape index (κ2) is 7.62. The maximum absolute atomic E-state index is 12.7.